The first-order valence-electron chi connectivity index (χ1n) is 10.9. The molecule has 0 radical (unpaired) electrons. The molecule has 0 saturated carbocycles. The fraction of sp³-hybridized carbons (Fsp3) is 0.636. The maximum atomic E-state index is 12.7. The third kappa shape index (κ3) is 4.64. The van der Waals surface area contributed by atoms with Gasteiger partial charge in [-0.3, -0.25) is 4.79 Å². The van der Waals surface area contributed by atoms with Crippen molar-refractivity contribution < 1.29 is 14.1 Å². The van der Waals surface area contributed by atoms with Gasteiger partial charge >= 0.3 is 0 Å². The quantitative estimate of drug-likeness (QED) is 0.745. The lowest BCUT2D eigenvalue weighted by atomic mass is 9.91. The average Bonchev–Trinajstić information content (AvgIpc) is 3.19. The first-order valence-corrected chi connectivity index (χ1v) is 10.9. The van der Waals surface area contributed by atoms with Crippen LogP contribution in [0, 0.1) is 12.8 Å². The molecule has 4 heterocycles. The Morgan fingerprint density at radius 1 is 1.27 bits per heavy atom. The van der Waals surface area contributed by atoms with Crippen LogP contribution in [0.4, 0.5) is 5.95 Å². The van der Waals surface area contributed by atoms with Crippen molar-refractivity contribution in [2.75, 3.05) is 44.3 Å². The normalized spacial score (nSPS) is 20.1. The van der Waals surface area contributed by atoms with Gasteiger partial charge in [0.25, 0.3) is 0 Å². The zero-order chi connectivity index (χ0) is 21.1. The molecule has 2 aromatic heterocycles. The van der Waals surface area contributed by atoms with Crippen LogP contribution in [0.1, 0.15) is 50.4 Å². The molecular weight excluding hydrogens is 382 g/mol. The number of morpholine rings is 1. The van der Waals surface area contributed by atoms with Crippen LogP contribution in [0.25, 0.3) is 11.3 Å². The number of aromatic nitrogens is 3. The standard InChI is InChI=1S/C22H31N5O3/c1-15(2)11-20(28)27-6-4-5-17(14-27)21-18(19-12-16(3)25-30-19)13-23-22(24-21)26-7-9-29-10-8-26/h12-13,15,17H,4-11,14H2,1-3H3/t17-/m0/s1. The topological polar surface area (TPSA) is 84.6 Å². The minimum Gasteiger partial charge on any atom is -0.378 e. The zero-order valence-electron chi connectivity index (χ0n) is 18.1. The van der Waals surface area contributed by atoms with E-state index < -0.39 is 0 Å². The molecule has 162 valence electrons. The number of aryl methyl sites for hydroxylation is 1. The summed E-state index contributed by atoms with van der Waals surface area (Å²) in [4.78, 5) is 26.5. The lowest BCUT2D eigenvalue weighted by Gasteiger charge is -2.34. The van der Waals surface area contributed by atoms with Crippen LogP contribution >= 0.6 is 0 Å². The molecule has 0 aliphatic carbocycles. The van der Waals surface area contributed by atoms with Crippen LogP contribution in [0.15, 0.2) is 16.8 Å². The molecule has 0 aromatic carbocycles. The van der Waals surface area contributed by atoms with Crippen molar-refractivity contribution in [2.24, 2.45) is 5.92 Å². The smallest absolute Gasteiger partial charge is 0.225 e. The Hall–Kier alpha value is -2.48. The van der Waals surface area contributed by atoms with E-state index in [1.165, 1.54) is 0 Å². The van der Waals surface area contributed by atoms with E-state index in [2.05, 4.69) is 28.9 Å². The van der Waals surface area contributed by atoms with E-state index in [9.17, 15) is 4.79 Å². The van der Waals surface area contributed by atoms with E-state index >= 15 is 0 Å². The first-order chi connectivity index (χ1) is 14.5. The number of piperidine rings is 1. The van der Waals surface area contributed by atoms with Gasteiger partial charge in [-0.1, -0.05) is 19.0 Å². The number of anilines is 1. The van der Waals surface area contributed by atoms with E-state index in [1.807, 2.05) is 24.1 Å². The minimum atomic E-state index is 0.151. The molecule has 1 amide bonds. The van der Waals surface area contributed by atoms with Crippen molar-refractivity contribution in [3.05, 3.63) is 23.7 Å². The van der Waals surface area contributed by atoms with Crippen molar-refractivity contribution in [2.45, 2.75) is 46.0 Å². The van der Waals surface area contributed by atoms with Crippen molar-refractivity contribution in [3.63, 3.8) is 0 Å². The number of amides is 1. The summed E-state index contributed by atoms with van der Waals surface area (Å²) in [5, 5.41) is 4.05. The Labute approximate surface area is 177 Å². The van der Waals surface area contributed by atoms with Crippen LogP contribution in [0.2, 0.25) is 0 Å². The number of nitrogens with zero attached hydrogens (tertiary/aromatic N) is 5. The largest absolute Gasteiger partial charge is 0.378 e. The summed E-state index contributed by atoms with van der Waals surface area (Å²) in [6.07, 6.45) is 4.40. The molecule has 2 fully saturated rings. The van der Waals surface area contributed by atoms with Gasteiger partial charge in [-0.25, -0.2) is 9.97 Å². The van der Waals surface area contributed by atoms with Gasteiger partial charge in [-0.05, 0) is 25.7 Å². The third-order valence-electron chi connectivity index (χ3n) is 5.74. The molecule has 2 aliphatic rings. The molecule has 30 heavy (non-hydrogen) atoms. The lowest BCUT2D eigenvalue weighted by Crippen LogP contribution is -2.40. The molecule has 2 aromatic rings. The summed E-state index contributed by atoms with van der Waals surface area (Å²) in [5.41, 5.74) is 2.64. The maximum absolute atomic E-state index is 12.7. The summed E-state index contributed by atoms with van der Waals surface area (Å²) in [5.74, 6) is 2.14. The monoisotopic (exact) mass is 413 g/mol. The first kappa shape index (κ1) is 20.8. The second-order valence-electron chi connectivity index (χ2n) is 8.68. The van der Waals surface area contributed by atoms with Crippen LogP contribution in [0.5, 0.6) is 0 Å². The van der Waals surface area contributed by atoms with E-state index in [0.29, 0.717) is 37.9 Å². The van der Waals surface area contributed by atoms with E-state index in [4.69, 9.17) is 14.2 Å². The van der Waals surface area contributed by atoms with Gasteiger partial charge in [0.05, 0.1) is 30.2 Å². The zero-order valence-corrected chi connectivity index (χ0v) is 18.1. The van der Waals surface area contributed by atoms with Crippen molar-refractivity contribution in [1.82, 2.24) is 20.0 Å². The van der Waals surface area contributed by atoms with Gasteiger partial charge in [-0.15, -0.1) is 0 Å². The summed E-state index contributed by atoms with van der Waals surface area (Å²) < 4.78 is 11.0. The summed E-state index contributed by atoms with van der Waals surface area (Å²) in [6.45, 7) is 10.5. The van der Waals surface area contributed by atoms with Crippen LogP contribution in [-0.2, 0) is 9.53 Å². The Balaban J connectivity index is 1.65. The predicted octanol–water partition coefficient (Wildman–Crippen LogP) is 3.03. The number of likely N-dealkylation sites (tertiary alicyclic amines) is 1. The second-order valence-corrected chi connectivity index (χ2v) is 8.68. The molecule has 8 nitrogen and oxygen atoms in total. The molecule has 2 aliphatic heterocycles. The minimum absolute atomic E-state index is 0.151. The number of ether oxygens (including phenoxy) is 1. The molecule has 0 spiro atoms. The predicted molar refractivity (Wildman–Crippen MR) is 113 cm³/mol. The highest BCUT2D eigenvalue weighted by atomic mass is 16.5. The summed E-state index contributed by atoms with van der Waals surface area (Å²) >= 11 is 0. The third-order valence-corrected chi connectivity index (χ3v) is 5.74. The van der Waals surface area contributed by atoms with E-state index in [-0.39, 0.29) is 11.8 Å². The van der Waals surface area contributed by atoms with Crippen molar-refractivity contribution >= 4 is 11.9 Å². The Morgan fingerprint density at radius 2 is 2.07 bits per heavy atom. The van der Waals surface area contributed by atoms with Gasteiger partial charge in [0.15, 0.2) is 5.76 Å². The van der Waals surface area contributed by atoms with Crippen LogP contribution in [-0.4, -0.2) is 65.3 Å². The average molecular weight is 414 g/mol. The molecule has 4 rings (SSSR count). The van der Waals surface area contributed by atoms with E-state index in [1.54, 1.807) is 0 Å². The summed E-state index contributed by atoms with van der Waals surface area (Å²) in [6, 6.07) is 1.92. The van der Waals surface area contributed by atoms with E-state index in [0.717, 1.165) is 55.4 Å². The molecule has 0 unspecified atom stereocenters. The number of hydrogen-bond donors (Lipinski definition) is 0. The maximum Gasteiger partial charge on any atom is 0.225 e. The summed E-state index contributed by atoms with van der Waals surface area (Å²) in [7, 11) is 0. The number of hydrogen-bond acceptors (Lipinski definition) is 7. The highest BCUT2D eigenvalue weighted by Gasteiger charge is 2.30. The molecular formula is C22H31N5O3. The lowest BCUT2D eigenvalue weighted by molar-refractivity contribution is -0.133. The SMILES string of the molecule is Cc1cc(-c2cnc(N3CCOCC3)nc2[C@H]2CCCN(C(=O)CC(C)C)C2)on1. The molecule has 8 heteroatoms. The fourth-order valence-electron chi connectivity index (χ4n) is 4.20. The number of carbonyl (C=O) groups is 1. The molecule has 1 atom stereocenters. The Morgan fingerprint density at radius 3 is 2.77 bits per heavy atom. The Kier molecular flexibility index (Phi) is 6.32. The van der Waals surface area contributed by atoms with Gasteiger partial charge in [0.1, 0.15) is 0 Å². The Bertz CT molecular complexity index is 875. The van der Waals surface area contributed by atoms with Crippen LogP contribution < -0.4 is 4.90 Å². The number of carbonyl (C=O) groups excluding carboxylic acids is 1. The van der Waals surface area contributed by atoms with Crippen LogP contribution in [0.3, 0.4) is 0 Å². The molecule has 0 bridgehead atoms. The highest BCUT2D eigenvalue weighted by Crippen LogP contribution is 2.34. The van der Waals surface area contributed by atoms with Gasteiger partial charge in [0.2, 0.25) is 11.9 Å². The second kappa shape index (κ2) is 9.12. The molecule has 2 saturated heterocycles. The number of rotatable bonds is 5. The highest BCUT2D eigenvalue weighted by molar-refractivity contribution is 5.76. The molecule has 0 N–H and O–H groups in total. The van der Waals surface area contributed by atoms with Gasteiger partial charge in [-0.2, -0.15) is 0 Å². The fourth-order valence-corrected chi connectivity index (χ4v) is 4.20. The van der Waals surface area contributed by atoms with Crippen molar-refractivity contribution in [3.8, 4) is 11.3 Å². The van der Waals surface area contributed by atoms with Gasteiger partial charge < -0.3 is 19.1 Å². The van der Waals surface area contributed by atoms with Crippen molar-refractivity contribution in [1.29, 1.82) is 0 Å². The van der Waals surface area contributed by atoms with Gasteiger partial charge in [0, 0.05) is 50.8 Å².